The van der Waals surface area contributed by atoms with Crippen LogP contribution in [0.25, 0.3) is 22.8 Å². The lowest BCUT2D eigenvalue weighted by molar-refractivity contribution is 0.340. The third-order valence-corrected chi connectivity index (χ3v) is 5.25. The van der Waals surface area contributed by atoms with Gasteiger partial charge in [0.15, 0.2) is 5.82 Å². The van der Waals surface area contributed by atoms with E-state index in [2.05, 4.69) is 20.3 Å². The Labute approximate surface area is 176 Å². The maximum absolute atomic E-state index is 6.18. The van der Waals surface area contributed by atoms with E-state index >= 15 is 0 Å². The van der Waals surface area contributed by atoms with Crippen molar-refractivity contribution < 1.29 is 9.26 Å². The molecular formula is C19H17ClN6O2S. The van der Waals surface area contributed by atoms with Gasteiger partial charge in [-0.2, -0.15) is 4.98 Å². The number of ether oxygens (including phenoxy) is 1. The molecule has 29 heavy (non-hydrogen) atoms. The van der Waals surface area contributed by atoms with Gasteiger partial charge < -0.3 is 15.1 Å². The van der Waals surface area contributed by atoms with E-state index in [1.165, 1.54) is 16.4 Å². The molecule has 148 valence electrons. The molecule has 0 aliphatic carbocycles. The highest BCUT2D eigenvalue weighted by Crippen LogP contribution is 2.28. The zero-order chi connectivity index (χ0) is 20.2. The first-order valence-corrected chi connectivity index (χ1v) is 10.2. The summed E-state index contributed by atoms with van der Waals surface area (Å²) in [5.41, 5.74) is 1.56. The summed E-state index contributed by atoms with van der Waals surface area (Å²) in [5.74, 6) is 8.79. The molecule has 0 atom stereocenters. The fourth-order valence-electron chi connectivity index (χ4n) is 2.63. The van der Waals surface area contributed by atoms with Gasteiger partial charge in [-0.05, 0) is 43.3 Å². The van der Waals surface area contributed by atoms with Gasteiger partial charge in [0.2, 0.25) is 16.9 Å². The Morgan fingerprint density at radius 1 is 1.14 bits per heavy atom. The van der Waals surface area contributed by atoms with Crippen LogP contribution in [0.4, 0.5) is 0 Å². The molecule has 2 aromatic heterocycles. The van der Waals surface area contributed by atoms with Crippen molar-refractivity contribution >= 4 is 23.4 Å². The molecule has 0 aliphatic rings. The minimum Gasteiger partial charge on any atom is -0.494 e. The topological polar surface area (TPSA) is 105 Å². The number of nitrogens with zero attached hydrogens (tertiary/aromatic N) is 5. The fourth-order valence-corrected chi connectivity index (χ4v) is 3.55. The van der Waals surface area contributed by atoms with Crippen molar-refractivity contribution in [3.05, 3.63) is 59.4 Å². The predicted octanol–water partition coefficient (Wildman–Crippen LogP) is 4.05. The zero-order valence-electron chi connectivity index (χ0n) is 15.4. The van der Waals surface area contributed by atoms with Crippen LogP contribution in [0.1, 0.15) is 12.8 Å². The van der Waals surface area contributed by atoms with Crippen LogP contribution in [-0.4, -0.2) is 31.6 Å². The second-order valence-corrected chi connectivity index (χ2v) is 7.26. The maximum Gasteiger partial charge on any atom is 0.237 e. The molecule has 0 radical (unpaired) electrons. The maximum atomic E-state index is 6.18. The van der Waals surface area contributed by atoms with E-state index < -0.39 is 0 Å². The number of hydrogen-bond donors (Lipinski definition) is 1. The molecule has 0 spiro atoms. The van der Waals surface area contributed by atoms with Crippen molar-refractivity contribution in [2.45, 2.75) is 17.8 Å². The highest BCUT2D eigenvalue weighted by atomic mass is 35.5. The lowest BCUT2D eigenvalue weighted by Crippen LogP contribution is -2.11. The van der Waals surface area contributed by atoms with Crippen molar-refractivity contribution in [2.24, 2.45) is 0 Å². The quantitative estimate of drug-likeness (QED) is 0.347. The van der Waals surface area contributed by atoms with Gasteiger partial charge in [-0.15, -0.1) is 10.2 Å². The number of aromatic nitrogens is 5. The molecule has 0 unspecified atom stereocenters. The van der Waals surface area contributed by atoms with E-state index in [-0.39, 0.29) is 0 Å². The number of nitrogen functional groups attached to an aromatic ring is 1. The second kappa shape index (κ2) is 8.54. The van der Waals surface area contributed by atoms with Crippen molar-refractivity contribution in [3.8, 4) is 28.5 Å². The SMILES string of the molecule is CCOc1ccc(-c2nnc(SCc3nc(-c4ccccc4Cl)no3)n2N)cc1. The van der Waals surface area contributed by atoms with Crippen molar-refractivity contribution in [1.29, 1.82) is 0 Å². The standard InChI is InChI=1S/C19H17ClN6O2S/c1-2-27-13-9-7-12(8-10-13)18-23-24-19(26(18)21)29-11-16-22-17(25-28-16)14-5-3-4-6-15(14)20/h3-10H,2,11,21H2,1H3. The summed E-state index contributed by atoms with van der Waals surface area (Å²) in [6.45, 7) is 2.55. The van der Waals surface area contributed by atoms with E-state index in [0.717, 1.165) is 11.3 Å². The molecular weight excluding hydrogens is 412 g/mol. The predicted molar refractivity (Wildman–Crippen MR) is 111 cm³/mol. The van der Waals surface area contributed by atoms with Gasteiger partial charge in [-0.3, -0.25) is 0 Å². The first-order valence-electron chi connectivity index (χ1n) is 8.79. The Bertz CT molecular complexity index is 1110. The van der Waals surface area contributed by atoms with Gasteiger partial charge in [0, 0.05) is 11.1 Å². The largest absolute Gasteiger partial charge is 0.494 e. The molecule has 0 saturated heterocycles. The van der Waals surface area contributed by atoms with Gasteiger partial charge in [0.1, 0.15) is 5.75 Å². The Morgan fingerprint density at radius 3 is 2.69 bits per heavy atom. The molecule has 2 N–H and O–H groups in total. The summed E-state index contributed by atoms with van der Waals surface area (Å²) in [6, 6.07) is 14.8. The molecule has 2 heterocycles. The average Bonchev–Trinajstić information content (AvgIpc) is 3.34. The molecule has 4 rings (SSSR count). The molecule has 2 aromatic carbocycles. The fraction of sp³-hybridized carbons (Fsp3) is 0.158. The summed E-state index contributed by atoms with van der Waals surface area (Å²) in [7, 11) is 0. The first-order chi connectivity index (χ1) is 14.2. The number of hydrogen-bond acceptors (Lipinski definition) is 8. The Balaban J connectivity index is 1.45. The molecule has 0 aliphatic heterocycles. The van der Waals surface area contributed by atoms with E-state index in [4.69, 9.17) is 26.7 Å². The van der Waals surface area contributed by atoms with E-state index in [0.29, 0.717) is 45.6 Å². The highest BCUT2D eigenvalue weighted by molar-refractivity contribution is 7.98. The Hall–Kier alpha value is -3.04. The van der Waals surface area contributed by atoms with E-state index in [1.807, 2.05) is 49.4 Å². The lowest BCUT2D eigenvalue weighted by Gasteiger charge is -2.05. The van der Waals surface area contributed by atoms with Crippen LogP contribution in [0.5, 0.6) is 5.75 Å². The lowest BCUT2D eigenvalue weighted by atomic mass is 10.2. The highest BCUT2D eigenvalue weighted by Gasteiger charge is 2.16. The van der Waals surface area contributed by atoms with Gasteiger partial charge in [0.25, 0.3) is 0 Å². The molecule has 8 nitrogen and oxygen atoms in total. The molecule has 0 fully saturated rings. The average molecular weight is 429 g/mol. The molecule has 0 bridgehead atoms. The minimum absolute atomic E-state index is 0.399. The van der Waals surface area contributed by atoms with Crippen LogP contribution in [0.2, 0.25) is 5.02 Å². The number of benzene rings is 2. The normalized spacial score (nSPS) is 11.0. The second-order valence-electron chi connectivity index (χ2n) is 5.91. The number of nitrogens with two attached hydrogens (primary N) is 1. The van der Waals surface area contributed by atoms with Crippen LogP contribution in [-0.2, 0) is 5.75 Å². The summed E-state index contributed by atoms with van der Waals surface area (Å²) >= 11 is 7.53. The zero-order valence-corrected chi connectivity index (χ0v) is 17.0. The summed E-state index contributed by atoms with van der Waals surface area (Å²) in [5, 5.41) is 13.4. The van der Waals surface area contributed by atoms with E-state index in [1.54, 1.807) is 6.07 Å². The minimum atomic E-state index is 0.399. The molecule has 0 amide bonds. The van der Waals surface area contributed by atoms with Gasteiger partial charge >= 0.3 is 0 Å². The van der Waals surface area contributed by atoms with E-state index in [9.17, 15) is 0 Å². The number of halogens is 1. The van der Waals surface area contributed by atoms with Crippen LogP contribution in [0.3, 0.4) is 0 Å². The molecule has 10 heteroatoms. The van der Waals surface area contributed by atoms with Crippen LogP contribution >= 0.6 is 23.4 Å². The summed E-state index contributed by atoms with van der Waals surface area (Å²) < 4.78 is 12.2. The van der Waals surface area contributed by atoms with Crippen molar-refractivity contribution in [3.63, 3.8) is 0 Å². The van der Waals surface area contributed by atoms with Crippen LogP contribution in [0.15, 0.2) is 58.2 Å². The Kier molecular flexibility index (Phi) is 5.68. The number of thioether (sulfide) groups is 1. The summed E-state index contributed by atoms with van der Waals surface area (Å²) in [6.07, 6.45) is 0. The Morgan fingerprint density at radius 2 is 1.93 bits per heavy atom. The van der Waals surface area contributed by atoms with Crippen molar-refractivity contribution in [1.82, 2.24) is 25.0 Å². The number of rotatable bonds is 7. The monoisotopic (exact) mass is 428 g/mol. The summed E-state index contributed by atoms with van der Waals surface area (Å²) in [4.78, 5) is 4.38. The smallest absolute Gasteiger partial charge is 0.237 e. The van der Waals surface area contributed by atoms with Gasteiger partial charge in [-0.1, -0.05) is 40.7 Å². The van der Waals surface area contributed by atoms with Crippen molar-refractivity contribution in [2.75, 3.05) is 12.4 Å². The third kappa shape index (κ3) is 4.20. The molecule has 0 saturated carbocycles. The molecule has 4 aromatic rings. The van der Waals surface area contributed by atoms with Gasteiger partial charge in [-0.25, -0.2) is 4.68 Å². The van der Waals surface area contributed by atoms with Gasteiger partial charge in [0.05, 0.1) is 17.4 Å². The first kappa shape index (κ1) is 19.3. The van der Waals surface area contributed by atoms with Crippen LogP contribution < -0.4 is 10.6 Å². The third-order valence-electron chi connectivity index (χ3n) is 4.00. The van der Waals surface area contributed by atoms with Crippen LogP contribution in [0, 0.1) is 0 Å².